The molecule has 0 saturated carbocycles. The number of fused-ring (bicyclic) bond motifs is 1. The highest BCUT2D eigenvalue weighted by Gasteiger charge is 2.49. The third-order valence-corrected chi connectivity index (χ3v) is 5.42. The van der Waals surface area contributed by atoms with Crippen molar-refractivity contribution in [3.63, 3.8) is 0 Å². The van der Waals surface area contributed by atoms with E-state index in [-0.39, 0.29) is 13.2 Å². The van der Waals surface area contributed by atoms with E-state index in [1.54, 1.807) is 31.2 Å². The lowest BCUT2D eigenvalue weighted by Gasteiger charge is -2.23. The summed E-state index contributed by atoms with van der Waals surface area (Å²) in [5, 5.41) is 24.1. The van der Waals surface area contributed by atoms with Crippen molar-refractivity contribution in [2.45, 2.75) is 18.6 Å². The predicted octanol–water partition coefficient (Wildman–Crippen LogP) is 2.92. The summed E-state index contributed by atoms with van der Waals surface area (Å²) in [6.07, 6.45) is -1.05. The molecule has 0 aliphatic carbocycles. The maximum Gasteiger partial charge on any atom is 0.325 e. The minimum absolute atomic E-state index is 0.0665. The number of nitriles is 1. The molecule has 1 saturated heterocycles. The zero-order valence-corrected chi connectivity index (χ0v) is 16.9. The number of amides is 3. The summed E-state index contributed by atoms with van der Waals surface area (Å²) >= 11 is 0. The van der Waals surface area contributed by atoms with Gasteiger partial charge in [0.25, 0.3) is 5.91 Å². The lowest BCUT2D eigenvalue weighted by atomic mass is 9.91. The van der Waals surface area contributed by atoms with Gasteiger partial charge in [0.2, 0.25) is 0 Å². The van der Waals surface area contributed by atoms with E-state index in [1.165, 1.54) is 0 Å². The molecule has 7 heteroatoms. The molecule has 31 heavy (non-hydrogen) atoms. The minimum Gasteiger partial charge on any atom is -0.491 e. The molecule has 156 valence electrons. The number of hydrogen-bond donors (Lipinski definition) is 2. The van der Waals surface area contributed by atoms with Crippen molar-refractivity contribution >= 4 is 22.7 Å². The summed E-state index contributed by atoms with van der Waals surface area (Å²) < 4.78 is 5.67. The Balaban J connectivity index is 1.41. The molecular weight excluding hydrogens is 394 g/mol. The zero-order chi connectivity index (χ0) is 22.0. The van der Waals surface area contributed by atoms with Crippen molar-refractivity contribution in [1.82, 2.24) is 10.2 Å². The number of aliphatic hydroxyl groups excluding tert-OH is 1. The fraction of sp³-hybridized carbons (Fsp3) is 0.208. The molecule has 0 spiro atoms. The van der Waals surface area contributed by atoms with Gasteiger partial charge in [0, 0.05) is 0 Å². The van der Waals surface area contributed by atoms with E-state index < -0.39 is 23.6 Å². The van der Waals surface area contributed by atoms with E-state index >= 15 is 0 Å². The Morgan fingerprint density at radius 3 is 2.52 bits per heavy atom. The predicted molar refractivity (Wildman–Crippen MR) is 114 cm³/mol. The Hall–Kier alpha value is -3.89. The van der Waals surface area contributed by atoms with Crippen molar-refractivity contribution < 1.29 is 19.4 Å². The largest absolute Gasteiger partial charge is 0.491 e. The molecule has 2 N–H and O–H groups in total. The molecule has 4 rings (SSSR count). The Kier molecular flexibility index (Phi) is 5.32. The monoisotopic (exact) mass is 415 g/mol. The van der Waals surface area contributed by atoms with Crippen LogP contribution < -0.4 is 10.1 Å². The van der Waals surface area contributed by atoms with Gasteiger partial charge in [0.05, 0.1) is 18.2 Å². The molecule has 3 amide bonds. The summed E-state index contributed by atoms with van der Waals surface area (Å²) in [6.45, 7) is 1.35. The second-order valence-corrected chi connectivity index (χ2v) is 7.63. The Morgan fingerprint density at radius 1 is 1.10 bits per heavy atom. The maximum absolute atomic E-state index is 13.0. The molecule has 1 aliphatic rings. The van der Waals surface area contributed by atoms with Gasteiger partial charge in [-0.3, -0.25) is 9.69 Å². The molecular formula is C24H21N3O4. The Labute approximate surface area is 179 Å². The number of benzene rings is 3. The van der Waals surface area contributed by atoms with Gasteiger partial charge in [-0.25, -0.2) is 4.79 Å². The van der Waals surface area contributed by atoms with E-state index in [0.29, 0.717) is 16.9 Å². The first-order chi connectivity index (χ1) is 14.9. The molecule has 0 bridgehead atoms. The Bertz CT molecular complexity index is 1190. The van der Waals surface area contributed by atoms with Crippen LogP contribution >= 0.6 is 0 Å². The first-order valence-electron chi connectivity index (χ1n) is 9.85. The van der Waals surface area contributed by atoms with Crippen molar-refractivity contribution in [1.29, 1.82) is 5.26 Å². The number of nitrogens with zero attached hydrogens (tertiary/aromatic N) is 2. The van der Waals surface area contributed by atoms with Crippen LogP contribution in [-0.2, 0) is 10.3 Å². The van der Waals surface area contributed by atoms with Crippen LogP contribution in [0.1, 0.15) is 18.1 Å². The third-order valence-electron chi connectivity index (χ3n) is 5.42. The van der Waals surface area contributed by atoms with Crippen molar-refractivity contribution in [3.05, 3.63) is 77.9 Å². The van der Waals surface area contributed by atoms with E-state index in [2.05, 4.69) is 5.32 Å². The van der Waals surface area contributed by atoms with Crippen LogP contribution in [0, 0.1) is 11.3 Å². The van der Waals surface area contributed by atoms with Gasteiger partial charge in [-0.05, 0) is 47.5 Å². The molecule has 0 radical (unpaired) electrons. The van der Waals surface area contributed by atoms with E-state index in [1.807, 2.05) is 48.5 Å². The fourth-order valence-corrected chi connectivity index (χ4v) is 3.65. The molecule has 0 aromatic heterocycles. The lowest BCUT2D eigenvalue weighted by molar-refractivity contribution is -0.132. The summed E-state index contributed by atoms with van der Waals surface area (Å²) in [5.41, 5.74) is -0.235. The average molecular weight is 415 g/mol. The molecule has 1 heterocycles. The number of imide groups is 1. The Morgan fingerprint density at radius 2 is 1.81 bits per heavy atom. The van der Waals surface area contributed by atoms with Crippen molar-refractivity contribution in [2.75, 3.05) is 13.2 Å². The first kappa shape index (κ1) is 20.4. The molecule has 3 aromatic carbocycles. The molecule has 3 aromatic rings. The standard InChI is InChI=1S/C24H21N3O4/c1-24(19-9-6-16(13-25)7-10-19)22(29)27(23(30)26-24)14-20(28)15-31-21-11-8-17-4-2-3-5-18(17)12-21/h2-12,20,28H,14-15H2,1H3,(H,26,30)/t20-,24+/m0/s1. The highest BCUT2D eigenvalue weighted by molar-refractivity contribution is 6.07. The number of aliphatic hydroxyl groups is 1. The molecule has 0 unspecified atom stereocenters. The highest BCUT2D eigenvalue weighted by atomic mass is 16.5. The minimum atomic E-state index is -1.26. The number of carbonyl (C=O) groups excluding carboxylic acids is 2. The average Bonchev–Trinajstić information content (AvgIpc) is 3.01. The normalized spacial score (nSPS) is 19.2. The number of nitrogens with one attached hydrogen (secondary N) is 1. The maximum atomic E-state index is 13.0. The number of hydrogen-bond acceptors (Lipinski definition) is 5. The summed E-state index contributed by atoms with van der Waals surface area (Å²) in [5.74, 6) is 0.129. The van der Waals surface area contributed by atoms with Crippen LogP contribution in [0.3, 0.4) is 0 Å². The van der Waals surface area contributed by atoms with Gasteiger partial charge in [-0.1, -0.05) is 42.5 Å². The van der Waals surface area contributed by atoms with E-state index in [4.69, 9.17) is 10.00 Å². The van der Waals surface area contributed by atoms with Gasteiger partial charge in [0.1, 0.15) is 24.0 Å². The van der Waals surface area contributed by atoms with Crippen molar-refractivity contribution in [2.24, 2.45) is 0 Å². The number of rotatable bonds is 6. The highest BCUT2D eigenvalue weighted by Crippen LogP contribution is 2.29. The second-order valence-electron chi connectivity index (χ2n) is 7.63. The quantitative estimate of drug-likeness (QED) is 0.603. The van der Waals surface area contributed by atoms with Crippen molar-refractivity contribution in [3.8, 4) is 11.8 Å². The summed E-state index contributed by atoms with van der Waals surface area (Å²) in [4.78, 5) is 26.4. The number of urea groups is 1. The van der Waals surface area contributed by atoms with Gasteiger partial charge in [-0.2, -0.15) is 5.26 Å². The second kappa shape index (κ2) is 8.09. The van der Waals surface area contributed by atoms with Crippen LogP contribution in [0.25, 0.3) is 10.8 Å². The molecule has 7 nitrogen and oxygen atoms in total. The van der Waals surface area contributed by atoms with Gasteiger partial charge >= 0.3 is 6.03 Å². The molecule has 2 atom stereocenters. The topological polar surface area (TPSA) is 103 Å². The SMILES string of the molecule is C[C@]1(c2ccc(C#N)cc2)NC(=O)N(C[C@H](O)COc2ccc3ccccc3c2)C1=O. The summed E-state index contributed by atoms with van der Waals surface area (Å²) in [6, 6.07) is 21.4. The van der Waals surface area contributed by atoms with E-state index in [9.17, 15) is 14.7 Å². The van der Waals surface area contributed by atoms with Crippen LogP contribution in [0.2, 0.25) is 0 Å². The fourth-order valence-electron chi connectivity index (χ4n) is 3.65. The van der Waals surface area contributed by atoms with Gasteiger partial charge < -0.3 is 15.2 Å². The molecule has 1 aliphatic heterocycles. The number of ether oxygens (including phenoxy) is 1. The van der Waals surface area contributed by atoms with Crippen LogP contribution in [0.4, 0.5) is 4.79 Å². The lowest BCUT2D eigenvalue weighted by Crippen LogP contribution is -2.42. The number of carbonyl (C=O) groups is 2. The van der Waals surface area contributed by atoms with E-state index in [0.717, 1.165) is 15.7 Å². The van der Waals surface area contributed by atoms with Gasteiger partial charge in [-0.15, -0.1) is 0 Å². The third kappa shape index (κ3) is 3.93. The number of β-amino-alcohol motifs (C(OH)–C–C–N with tert-alkyl or cyclic N) is 1. The van der Waals surface area contributed by atoms with Crippen LogP contribution in [0.5, 0.6) is 5.75 Å². The van der Waals surface area contributed by atoms with Crippen LogP contribution in [-0.4, -0.2) is 41.2 Å². The first-order valence-corrected chi connectivity index (χ1v) is 9.85. The van der Waals surface area contributed by atoms with Gasteiger partial charge in [0.15, 0.2) is 0 Å². The summed E-state index contributed by atoms with van der Waals surface area (Å²) in [7, 11) is 0. The molecule has 1 fully saturated rings. The smallest absolute Gasteiger partial charge is 0.325 e. The van der Waals surface area contributed by atoms with Crippen LogP contribution in [0.15, 0.2) is 66.7 Å². The zero-order valence-electron chi connectivity index (χ0n) is 16.9.